The van der Waals surface area contributed by atoms with Gasteiger partial charge in [0.25, 0.3) is 0 Å². The minimum absolute atomic E-state index is 0.107. The lowest BCUT2D eigenvalue weighted by Gasteiger charge is -2.02. The normalized spacial score (nSPS) is 19.2. The van der Waals surface area contributed by atoms with Crippen molar-refractivity contribution >= 4 is 5.97 Å². The van der Waals surface area contributed by atoms with Crippen LogP contribution < -0.4 is 0 Å². The molecule has 140 valence electrons. The Hall–Kier alpha value is -0.830. The highest BCUT2D eigenvalue weighted by molar-refractivity contribution is 5.78. The van der Waals surface area contributed by atoms with Crippen molar-refractivity contribution in [1.29, 1.82) is 0 Å². The third-order valence-corrected chi connectivity index (χ3v) is 4.75. The Morgan fingerprint density at radius 1 is 0.917 bits per heavy atom. The molecule has 2 unspecified atom stereocenters. The number of esters is 1. The number of hydrogen-bond acceptors (Lipinski definition) is 3. The van der Waals surface area contributed by atoms with E-state index < -0.39 is 0 Å². The fourth-order valence-electron chi connectivity index (χ4n) is 3.16. The first-order valence-electron chi connectivity index (χ1n) is 10.2. The summed E-state index contributed by atoms with van der Waals surface area (Å²) in [6, 6.07) is 0. The summed E-state index contributed by atoms with van der Waals surface area (Å²) in [6.45, 7) is 6.08. The van der Waals surface area contributed by atoms with E-state index in [0.717, 1.165) is 12.8 Å². The molecular formula is C21H38O3. The van der Waals surface area contributed by atoms with Crippen LogP contribution in [-0.2, 0) is 14.3 Å². The zero-order chi connectivity index (χ0) is 17.5. The van der Waals surface area contributed by atoms with E-state index in [4.69, 9.17) is 9.47 Å². The van der Waals surface area contributed by atoms with Gasteiger partial charge in [-0.2, -0.15) is 0 Å². The third-order valence-electron chi connectivity index (χ3n) is 4.75. The van der Waals surface area contributed by atoms with Crippen LogP contribution in [0.5, 0.6) is 0 Å². The summed E-state index contributed by atoms with van der Waals surface area (Å²) in [4.78, 5) is 11.5. The zero-order valence-corrected chi connectivity index (χ0v) is 15.8. The van der Waals surface area contributed by atoms with Crippen LogP contribution in [-0.4, -0.2) is 24.8 Å². The summed E-state index contributed by atoms with van der Waals surface area (Å²) in [7, 11) is 0. The molecule has 0 bridgehead atoms. The number of ether oxygens (including phenoxy) is 2. The molecule has 0 N–H and O–H groups in total. The molecule has 1 rings (SSSR count). The van der Waals surface area contributed by atoms with Gasteiger partial charge < -0.3 is 9.47 Å². The molecule has 1 aliphatic rings. The van der Waals surface area contributed by atoms with Gasteiger partial charge in [0.2, 0.25) is 0 Å². The van der Waals surface area contributed by atoms with Crippen molar-refractivity contribution in [3.63, 3.8) is 0 Å². The summed E-state index contributed by atoms with van der Waals surface area (Å²) in [6.07, 6.45) is 20.1. The van der Waals surface area contributed by atoms with Crippen molar-refractivity contribution in [2.75, 3.05) is 6.61 Å². The predicted octanol–water partition coefficient (Wildman–Crippen LogP) is 5.96. The molecule has 0 spiro atoms. The summed E-state index contributed by atoms with van der Waals surface area (Å²) in [5, 5.41) is 0. The molecule has 1 aliphatic heterocycles. The second kappa shape index (κ2) is 14.5. The Morgan fingerprint density at radius 2 is 1.42 bits per heavy atom. The smallest absolute Gasteiger partial charge is 0.338 e. The van der Waals surface area contributed by atoms with Gasteiger partial charge in [0.15, 0.2) is 6.10 Å². The molecule has 1 fully saturated rings. The van der Waals surface area contributed by atoms with Crippen molar-refractivity contribution < 1.29 is 14.3 Å². The van der Waals surface area contributed by atoms with Gasteiger partial charge in [0, 0.05) is 0 Å². The van der Waals surface area contributed by atoms with Crippen LogP contribution in [0, 0.1) is 0 Å². The Morgan fingerprint density at radius 3 is 1.92 bits per heavy atom. The lowest BCUT2D eigenvalue weighted by molar-refractivity contribution is -0.143. The van der Waals surface area contributed by atoms with Gasteiger partial charge >= 0.3 is 5.97 Å². The number of rotatable bonds is 17. The fourth-order valence-corrected chi connectivity index (χ4v) is 3.16. The van der Waals surface area contributed by atoms with E-state index in [1.807, 2.05) is 0 Å². The molecule has 0 radical (unpaired) electrons. The van der Waals surface area contributed by atoms with Crippen molar-refractivity contribution in [3.05, 3.63) is 12.7 Å². The lowest BCUT2D eigenvalue weighted by Crippen LogP contribution is -2.14. The van der Waals surface area contributed by atoms with Gasteiger partial charge in [-0.1, -0.05) is 103 Å². The summed E-state index contributed by atoms with van der Waals surface area (Å²) in [5.74, 6) is -0.227. The highest BCUT2D eigenvalue weighted by atomic mass is 16.6. The van der Waals surface area contributed by atoms with Crippen LogP contribution >= 0.6 is 0 Å². The maximum absolute atomic E-state index is 11.5. The Kier molecular flexibility index (Phi) is 12.8. The van der Waals surface area contributed by atoms with E-state index in [9.17, 15) is 4.79 Å². The molecule has 0 aromatic heterocycles. The molecule has 0 saturated carbocycles. The fraction of sp³-hybridized carbons (Fsp3) is 0.857. The highest BCUT2D eigenvalue weighted by Crippen LogP contribution is 2.28. The van der Waals surface area contributed by atoms with Crippen LogP contribution in [0.3, 0.4) is 0 Å². The molecule has 0 aromatic carbocycles. The van der Waals surface area contributed by atoms with Gasteiger partial charge in [0.1, 0.15) is 6.61 Å². The van der Waals surface area contributed by atoms with Crippen molar-refractivity contribution in [2.45, 2.75) is 109 Å². The van der Waals surface area contributed by atoms with E-state index in [0.29, 0.717) is 0 Å². The molecule has 0 aromatic rings. The van der Waals surface area contributed by atoms with Crippen LogP contribution in [0.2, 0.25) is 0 Å². The Labute approximate surface area is 149 Å². The van der Waals surface area contributed by atoms with Crippen LogP contribution in [0.25, 0.3) is 0 Å². The third kappa shape index (κ3) is 10.9. The average Bonchev–Trinajstić information content (AvgIpc) is 3.36. The van der Waals surface area contributed by atoms with Gasteiger partial charge in [-0.25, -0.2) is 4.79 Å². The standard InChI is InChI=1S/C21H38O3/c1-3-5-6-7-8-9-10-11-12-13-14-15-16-17-19-20(24-19)21(22)23-18-4-2/h4,19-20H,2-3,5-18H2,1H3. The molecule has 24 heavy (non-hydrogen) atoms. The minimum atomic E-state index is -0.303. The maximum atomic E-state index is 11.5. The quantitative estimate of drug-likeness (QED) is 0.142. The Bertz CT molecular complexity index is 327. The van der Waals surface area contributed by atoms with Gasteiger partial charge in [-0.15, -0.1) is 0 Å². The molecule has 2 atom stereocenters. The lowest BCUT2D eigenvalue weighted by atomic mass is 10.0. The first-order valence-corrected chi connectivity index (χ1v) is 10.2. The second-order valence-electron chi connectivity index (χ2n) is 7.05. The molecule has 3 heteroatoms. The monoisotopic (exact) mass is 338 g/mol. The van der Waals surface area contributed by atoms with Gasteiger partial charge in [-0.05, 0) is 6.42 Å². The van der Waals surface area contributed by atoms with E-state index in [1.165, 1.54) is 77.0 Å². The molecular weight excluding hydrogens is 300 g/mol. The van der Waals surface area contributed by atoms with Crippen molar-refractivity contribution in [3.8, 4) is 0 Å². The SMILES string of the molecule is C=CCOC(=O)C1OC1CCCCCCCCCCCCCCC. The van der Waals surface area contributed by atoms with Crippen molar-refractivity contribution in [1.82, 2.24) is 0 Å². The van der Waals surface area contributed by atoms with Crippen LogP contribution in [0.1, 0.15) is 96.8 Å². The molecule has 1 saturated heterocycles. The highest BCUT2D eigenvalue weighted by Gasteiger charge is 2.45. The molecule has 0 amide bonds. The summed E-state index contributed by atoms with van der Waals surface area (Å²) >= 11 is 0. The summed E-state index contributed by atoms with van der Waals surface area (Å²) in [5.41, 5.74) is 0. The van der Waals surface area contributed by atoms with Crippen LogP contribution in [0.4, 0.5) is 0 Å². The van der Waals surface area contributed by atoms with Crippen LogP contribution in [0.15, 0.2) is 12.7 Å². The molecule has 1 heterocycles. The topological polar surface area (TPSA) is 38.8 Å². The number of unbranched alkanes of at least 4 members (excludes halogenated alkanes) is 12. The number of carbonyl (C=O) groups is 1. The average molecular weight is 339 g/mol. The van der Waals surface area contributed by atoms with Gasteiger partial charge in [0.05, 0.1) is 6.10 Å². The van der Waals surface area contributed by atoms with E-state index in [1.54, 1.807) is 6.08 Å². The van der Waals surface area contributed by atoms with Crippen molar-refractivity contribution in [2.24, 2.45) is 0 Å². The van der Waals surface area contributed by atoms with E-state index >= 15 is 0 Å². The second-order valence-corrected chi connectivity index (χ2v) is 7.05. The maximum Gasteiger partial charge on any atom is 0.338 e. The molecule has 3 nitrogen and oxygen atoms in total. The predicted molar refractivity (Wildman–Crippen MR) is 100 cm³/mol. The van der Waals surface area contributed by atoms with E-state index in [2.05, 4.69) is 13.5 Å². The minimum Gasteiger partial charge on any atom is -0.459 e. The Balaban J connectivity index is 1.76. The zero-order valence-electron chi connectivity index (χ0n) is 15.8. The molecule has 0 aliphatic carbocycles. The van der Waals surface area contributed by atoms with Gasteiger partial charge in [-0.3, -0.25) is 0 Å². The number of carbonyl (C=O) groups excluding carboxylic acids is 1. The first-order chi connectivity index (χ1) is 11.8. The largest absolute Gasteiger partial charge is 0.459 e. The number of epoxide rings is 1. The first kappa shape index (κ1) is 21.2. The van der Waals surface area contributed by atoms with E-state index in [-0.39, 0.29) is 24.8 Å². The summed E-state index contributed by atoms with van der Waals surface area (Å²) < 4.78 is 10.4. The number of hydrogen-bond donors (Lipinski definition) is 0.